The molecule has 12 heteroatoms. The van der Waals surface area contributed by atoms with Crippen molar-refractivity contribution in [2.75, 3.05) is 5.32 Å². The average molecular weight is 618 g/mol. The minimum Gasteiger partial charge on any atom is -0.456 e. The van der Waals surface area contributed by atoms with E-state index in [-0.39, 0.29) is 0 Å². The number of benzene rings is 6. The third-order valence-electron chi connectivity index (χ3n) is 12.5. The molecule has 0 aliphatic heterocycles. The summed E-state index contributed by atoms with van der Waals surface area (Å²) in [6, 6.07) is 30.8. The van der Waals surface area contributed by atoms with E-state index in [1.807, 2.05) is 12.1 Å². The maximum atomic E-state index is 6.24. The summed E-state index contributed by atoms with van der Waals surface area (Å²) in [6.45, 7) is 0. The molecule has 0 unspecified atom stereocenters. The van der Waals surface area contributed by atoms with Crippen LogP contribution in [-0.4, -0.2) is 78.5 Å². The van der Waals surface area contributed by atoms with Gasteiger partial charge in [0.15, 0.2) is 0 Å². The van der Waals surface area contributed by atoms with Gasteiger partial charge in [-0.2, -0.15) is 0 Å². The number of para-hydroxylation sites is 1. The molecule has 1 aliphatic carbocycles. The van der Waals surface area contributed by atoms with Gasteiger partial charge in [-0.25, -0.2) is 0 Å². The van der Waals surface area contributed by atoms with Crippen LogP contribution in [0.4, 0.5) is 11.4 Å². The van der Waals surface area contributed by atoms with E-state index in [9.17, 15) is 0 Å². The van der Waals surface area contributed by atoms with Crippen molar-refractivity contribution >= 4 is 166 Å². The van der Waals surface area contributed by atoms with Crippen molar-refractivity contribution in [3.05, 3.63) is 107 Å². The fourth-order valence-corrected chi connectivity index (χ4v) is 9.18. The number of hydrogen-bond acceptors (Lipinski definition) is 2. The van der Waals surface area contributed by atoms with Crippen LogP contribution >= 0.6 is 0 Å². The molecule has 0 spiro atoms. The number of anilines is 2. The van der Waals surface area contributed by atoms with E-state index >= 15 is 0 Å². The zero-order valence-corrected chi connectivity index (χ0v) is 30.5. The van der Waals surface area contributed by atoms with Crippen LogP contribution in [0.25, 0.3) is 33.1 Å². The van der Waals surface area contributed by atoms with Crippen molar-refractivity contribution in [2.45, 2.75) is 5.41 Å². The number of furan rings is 1. The third kappa shape index (κ3) is 4.28. The number of nitrogens with one attached hydrogen (secondary N) is 1. The van der Waals surface area contributed by atoms with Gasteiger partial charge < -0.3 is 9.73 Å². The maximum absolute atomic E-state index is 6.24. The summed E-state index contributed by atoms with van der Waals surface area (Å²) in [6.07, 6.45) is 0. The molecule has 7 aromatic rings. The molecule has 1 N–H and O–H groups in total. The number of rotatable bonds is 4. The maximum Gasteiger partial charge on any atom is 0.138 e. The predicted octanol–water partition coefficient (Wildman–Crippen LogP) is -7.72. The second-order valence-electron chi connectivity index (χ2n) is 14.5. The molecular formula is C37H35B10NO. The summed E-state index contributed by atoms with van der Waals surface area (Å²) >= 11 is 0. The molecule has 1 aromatic heterocycles. The first-order valence-electron chi connectivity index (χ1n) is 17.5. The van der Waals surface area contributed by atoms with Gasteiger partial charge in [0.2, 0.25) is 0 Å². The highest BCUT2D eigenvalue weighted by Crippen LogP contribution is 2.55. The molecule has 0 bridgehead atoms. The first-order valence-corrected chi connectivity index (χ1v) is 17.5. The average Bonchev–Trinajstić information content (AvgIpc) is 3.63. The Labute approximate surface area is 298 Å². The van der Waals surface area contributed by atoms with E-state index in [0.717, 1.165) is 33.3 Å². The number of hydrogen-bond donors (Lipinski definition) is 1. The van der Waals surface area contributed by atoms with Crippen molar-refractivity contribution in [3.8, 4) is 11.1 Å². The monoisotopic (exact) mass is 619 g/mol. The molecule has 0 atom stereocenters. The smallest absolute Gasteiger partial charge is 0.138 e. The van der Waals surface area contributed by atoms with Crippen LogP contribution in [0.2, 0.25) is 0 Å². The van der Waals surface area contributed by atoms with E-state index < -0.39 is 5.41 Å². The first kappa shape index (κ1) is 31.8. The summed E-state index contributed by atoms with van der Waals surface area (Å²) < 4.78 is 6.24. The lowest BCUT2D eigenvalue weighted by Gasteiger charge is -2.42. The minimum absolute atomic E-state index is 0.472. The van der Waals surface area contributed by atoms with Gasteiger partial charge in [0.05, 0.1) is 16.5 Å². The normalized spacial score (nSPS) is 13.1. The summed E-state index contributed by atoms with van der Waals surface area (Å²) in [4.78, 5) is 0. The van der Waals surface area contributed by atoms with Crippen molar-refractivity contribution in [1.29, 1.82) is 0 Å². The SMILES string of the molecule is Bc1c(B)c(B)c(C2(c3c(B)c(B)c(B)c(B)c3B)c3ccccc3-c3cc(Nc4cccc5oc6ccccc6c45)ccc32)c(B)c1B. The van der Waals surface area contributed by atoms with Gasteiger partial charge in [-0.3, -0.25) is 0 Å². The molecule has 0 amide bonds. The van der Waals surface area contributed by atoms with Crippen molar-refractivity contribution in [3.63, 3.8) is 0 Å². The molecule has 0 saturated heterocycles. The molecular weight excluding hydrogens is 583 g/mol. The second-order valence-corrected chi connectivity index (χ2v) is 14.5. The van der Waals surface area contributed by atoms with Gasteiger partial charge in [0, 0.05) is 11.1 Å². The van der Waals surface area contributed by atoms with Crippen LogP contribution in [0.5, 0.6) is 0 Å². The quantitative estimate of drug-likeness (QED) is 0.199. The summed E-state index contributed by atoms with van der Waals surface area (Å²) in [7, 11) is 23.3. The lowest BCUT2D eigenvalue weighted by molar-refractivity contribution is 0.669. The van der Waals surface area contributed by atoms with Crippen LogP contribution in [0.3, 0.4) is 0 Å². The van der Waals surface area contributed by atoms with Crippen LogP contribution in [-0.2, 0) is 5.41 Å². The topological polar surface area (TPSA) is 25.2 Å². The van der Waals surface area contributed by atoms with Crippen molar-refractivity contribution in [2.24, 2.45) is 0 Å². The van der Waals surface area contributed by atoms with Crippen LogP contribution in [0, 0.1) is 0 Å². The molecule has 1 heterocycles. The summed E-state index contributed by atoms with van der Waals surface area (Å²) in [5.41, 5.74) is 25.5. The first-order chi connectivity index (χ1) is 23.5. The van der Waals surface area contributed by atoms with Crippen molar-refractivity contribution < 1.29 is 4.42 Å². The van der Waals surface area contributed by atoms with Gasteiger partial charge in [0.25, 0.3) is 0 Å². The Morgan fingerprint density at radius 2 is 0.959 bits per heavy atom. The zero-order chi connectivity index (χ0) is 34.5. The van der Waals surface area contributed by atoms with E-state index in [0.29, 0.717) is 0 Å². The Morgan fingerprint density at radius 3 is 1.59 bits per heavy atom. The van der Waals surface area contributed by atoms with E-state index in [1.165, 1.54) is 88.0 Å². The Morgan fingerprint density at radius 1 is 0.449 bits per heavy atom. The standard InChI is InChI=1S/C37H35B10NO/c38-27-25(28(39)32(43)35(46)31(27)42)37(26-29(40)33(44)36(47)34(45)30(26)41)19-8-3-1-6-16(19)18-14-15(12-13-20(18)37)48-21-9-5-11-23-24(21)17-7-2-4-10-22(17)49-23/h1-14,48H,38-47H2. The fraction of sp³-hybridized carbons (Fsp3) is 0.0270. The highest BCUT2D eigenvalue weighted by atomic mass is 16.3. The van der Waals surface area contributed by atoms with Crippen LogP contribution in [0.15, 0.2) is 89.3 Å². The van der Waals surface area contributed by atoms with E-state index in [2.05, 4.69) is 157 Å². The molecule has 2 nitrogen and oxygen atoms in total. The highest BCUT2D eigenvalue weighted by molar-refractivity contribution is 6.69. The second kappa shape index (κ2) is 11.3. The Hall–Kier alpha value is -4.43. The summed E-state index contributed by atoms with van der Waals surface area (Å²) in [5.74, 6) is 0. The Balaban J connectivity index is 1.46. The third-order valence-corrected chi connectivity index (χ3v) is 12.5. The molecule has 49 heavy (non-hydrogen) atoms. The molecule has 224 valence electrons. The minimum atomic E-state index is -0.472. The number of fused-ring (bicyclic) bond motifs is 6. The molecule has 0 saturated carbocycles. The Kier molecular flexibility index (Phi) is 7.34. The van der Waals surface area contributed by atoms with Gasteiger partial charge in [-0.05, 0) is 63.7 Å². The van der Waals surface area contributed by atoms with Crippen LogP contribution in [0.1, 0.15) is 22.3 Å². The summed E-state index contributed by atoms with van der Waals surface area (Å²) in [5, 5.41) is 6.07. The van der Waals surface area contributed by atoms with E-state index in [1.54, 1.807) is 0 Å². The van der Waals surface area contributed by atoms with E-state index in [4.69, 9.17) is 4.42 Å². The lowest BCUT2D eigenvalue weighted by Crippen LogP contribution is -2.63. The van der Waals surface area contributed by atoms with Gasteiger partial charge in [-0.15, -0.1) is 32.8 Å². The Bertz CT molecular complexity index is 2430. The lowest BCUT2D eigenvalue weighted by atomic mass is 9.49. The molecule has 1 aliphatic rings. The van der Waals surface area contributed by atoms with Gasteiger partial charge in [0.1, 0.15) is 89.6 Å². The fourth-order valence-electron chi connectivity index (χ4n) is 9.18. The highest BCUT2D eigenvalue weighted by Gasteiger charge is 2.49. The molecule has 8 rings (SSSR count). The largest absolute Gasteiger partial charge is 0.456 e. The van der Waals surface area contributed by atoms with Gasteiger partial charge >= 0.3 is 0 Å². The van der Waals surface area contributed by atoms with Crippen LogP contribution < -0.4 is 59.9 Å². The molecule has 0 fully saturated rings. The van der Waals surface area contributed by atoms with Gasteiger partial charge in [-0.1, -0.05) is 76.4 Å². The predicted molar refractivity (Wildman–Crippen MR) is 243 cm³/mol. The van der Waals surface area contributed by atoms with Crippen molar-refractivity contribution in [1.82, 2.24) is 0 Å². The molecule has 0 radical (unpaired) electrons. The zero-order valence-electron chi connectivity index (χ0n) is 30.5. The molecule has 6 aromatic carbocycles.